The molecule has 0 aromatic heterocycles. The van der Waals surface area contributed by atoms with Crippen molar-refractivity contribution in [1.29, 1.82) is 0 Å². The van der Waals surface area contributed by atoms with Gasteiger partial charge in [-0.15, -0.1) is 0 Å². The number of nitrogens with two attached hydrogens (primary N) is 1. The van der Waals surface area contributed by atoms with Crippen LogP contribution in [0.5, 0.6) is 0 Å². The van der Waals surface area contributed by atoms with Gasteiger partial charge in [0.25, 0.3) is 0 Å². The molecular formula is C38H55N7O3. The first-order valence-corrected chi connectivity index (χ1v) is 17.3. The van der Waals surface area contributed by atoms with Crippen molar-refractivity contribution in [3.8, 4) is 0 Å². The third kappa shape index (κ3) is 12.8. The Balaban J connectivity index is 0.000000169. The highest BCUT2D eigenvalue weighted by Gasteiger charge is 2.22. The number of ether oxygens (including phenoxy) is 1. The fraction of sp³-hybridized carbons (Fsp3) is 0.474. The molecule has 0 atom stereocenters. The highest BCUT2D eigenvalue weighted by molar-refractivity contribution is 5.81. The molecule has 3 aliphatic heterocycles. The summed E-state index contributed by atoms with van der Waals surface area (Å²) in [6.07, 6.45) is 5.23. The zero-order valence-electron chi connectivity index (χ0n) is 28.9. The van der Waals surface area contributed by atoms with E-state index in [4.69, 9.17) is 10.6 Å². The second kappa shape index (κ2) is 19.0. The predicted molar refractivity (Wildman–Crippen MR) is 196 cm³/mol. The van der Waals surface area contributed by atoms with Gasteiger partial charge in [0.2, 0.25) is 0 Å². The molecule has 3 saturated heterocycles. The number of ketones is 1. The molecule has 10 nitrogen and oxygen atoms in total. The molecule has 0 unspecified atom stereocenters. The first kappa shape index (κ1) is 36.7. The number of nitrogens with zero attached hydrogens (tertiary/aromatic N) is 3. The third-order valence-corrected chi connectivity index (χ3v) is 8.69. The minimum absolute atomic E-state index is 0.289. The molecule has 260 valence electrons. The number of amides is 1. The first-order valence-electron chi connectivity index (χ1n) is 17.3. The molecule has 0 saturated carbocycles. The topological polar surface area (TPSA) is 115 Å². The molecule has 3 heterocycles. The van der Waals surface area contributed by atoms with E-state index in [1.165, 1.54) is 17.1 Å². The number of benzene rings is 3. The summed E-state index contributed by atoms with van der Waals surface area (Å²) in [4.78, 5) is 29.6. The zero-order valence-corrected chi connectivity index (χ0v) is 28.9. The number of Topliss-reactive ketones (excluding diaryl/α,β-unsaturated/α-hetero) is 1. The van der Waals surface area contributed by atoms with Crippen LogP contribution in [0, 0.1) is 0 Å². The van der Waals surface area contributed by atoms with Gasteiger partial charge >= 0.3 is 6.09 Å². The van der Waals surface area contributed by atoms with Crippen LogP contribution in [0.25, 0.3) is 0 Å². The lowest BCUT2D eigenvalue weighted by Crippen LogP contribution is -2.50. The van der Waals surface area contributed by atoms with E-state index in [1.54, 1.807) is 0 Å². The number of hydrogen-bond donors (Lipinski definition) is 4. The number of carbonyl (C=O) groups is 2. The van der Waals surface area contributed by atoms with E-state index >= 15 is 0 Å². The normalized spacial score (nSPS) is 17.4. The standard InChI is InChI=1S/C16H25N3O2.C11H17N3.C11H13NO/c1-16(2,3)21-15(20)18-17-13-9-11-19(12-10-13)14-7-5-4-6-8-14;12-13-10-6-8-14(9-7-10)11-4-2-1-3-5-11;13-11-6-8-12(9-7-11)10-4-2-1-3-5-10/h4-8,13,17H,9-12H2,1-3H3,(H,18,20);1-5,10,13H,6-9,12H2;1-5H,6-9H2. The molecule has 0 radical (unpaired) electrons. The van der Waals surface area contributed by atoms with Gasteiger partial charge < -0.3 is 19.4 Å². The molecule has 3 fully saturated rings. The Hall–Kier alpha value is -4.12. The van der Waals surface area contributed by atoms with Crippen molar-refractivity contribution in [3.05, 3.63) is 91.0 Å². The van der Waals surface area contributed by atoms with Crippen LogP contribution in [0.4, 0.5) is 21.9 Å². The second-order valence-electron chi connectivity index (χ2n) is 13.5. The van der Waals surface area contributed by atoms with Gasteiger partial charge in [0.1, 0.15) is 11.4 Å². The number of anilines is 3. The maximum Gasteiger partial charge on any atom is 0.422 e. The lowest BCUT2D eigenvalue weighted by atomic mass is 10.1. The molecule has 10 heteroatoms. The number of rotatable bonds is 6. The van der Waals surface area contributed by atoms with E-state index in [1.807, 2.05) is 45.0 Å². The number of piperidine rings is 3. The quantitative estimate of drug-likeness (QED) is 0.197. The number of hydrazine groups is 2. The number of nitrogens with one attached hydrogen (secondary N) is 3. The molecule has 3 aromatic rings. The number of para-hydroxylation sites is 3. The predicted octanol–water partition coefficient (Wildman–Crippen LogP) is 5.66. The van der Waals surface area contributed by atoms with E-state index < -0.39 is 11.7 Å². The van der Waals surface area contributed by atoms with Crippen LogP contribution in [0.15, 0.2) is 91.0 Å². The minimum Gasteiger partial charge on any atom is -0.443 e. The van der Waals surface area contributed by atoms with Gasteiger partial charge in [0.15, 0.2) is 0 Å². The largest absolute Gasteiger partial charge is 0.443 e. The summed E-state index contributed by atoms with van der Waals surface area (Å²) >= 11 is 0. The number of hydrogen-bond acceptors (Lipinski definition) is 9. The van der Waals surface area contributed by atoms with Crippen molar-refractivity contribution >= 4 is 28.9 Å². The average Bonchev–Trinajstić information content (AvgIpc) is 3.12. The highest BCUT2D eigenvalue weighted by Crippen LogP contribution is 2.21. The molecule has 0 aliphatic carbocycles. The van der Waals surface area contributed by atoms with Gasteiger partial charge in [0.05, 0.1) is 0 Å². The summed E-state index contributed by atoms with van der Waals surface area (Å²) in [5.41, 5.74) is 11.9. The van der Waals surface area contributed by atoms with Crippen LogP contribution in [0.3, 0.4) is 0 Å². The van der Waals surface area contributed by atoms with E-state index in [2.05, 4.69) is 97.7 Å². The molecule has 1 amide bonds. The van der Waals surface area contributed by atoms with Gasteiger partial charge in [-0.2, -0.15) is 0 Å². The SMILES string of the molecule is CC(C)(C)OC(=O)NNC1CCN(c2ccccc2)CC1.NNC1CCN(c2ccccc2)CC1.O=C1CCN(c2ccccc2)CC1. The van der Waals surface area contributed by atoms with Gasteiger partial charge in [-0.3, -0.25) is 21.5 Å². The van der Waals surface area contributed by atoms with Crippen LogP contribution in [0.2, 0.25) is 0 Å². The van der Waals surface area contributed by atoms with Crippen molar-refractivity contribution in [3.63, 3.8) is 0 Å². The summed E-state index contributed by atoms with van der Waals surface area (Å²) in [5, 5.41) is 0. The van der Waals surface area contributed by atoms with Crippen LogP contribution >= 0.6 is 0 Å². The molecule has 48 heavy (non-hydrogen) atoms. The Morgan fingerprint density at radius 3 is 1.40 bits per heavy atom. The summed E-state index contributed by atoms with van der Waals surface area (Å²) in [5.74, 6) is 5.81. The van der Waals surface area contributed by atoms with Crippen LogP contribution in [0.1, 0.15) is 59.3 Å². The van der Waals surface area contributed by atoms with Crippen LogP contribution in [-0.2, 0) is 9.53 Å². The third-order valence-electron chi connectivity index (χ3n) is 8.69. The molecule has 3 aromatic carbocycles. The Labute approximate surface area is 286 Å². The minimum atomic E-state index is -0.470. The highest BCUT2D eigenvalue weighted by atomic mass is 16.6. The van der Waals surface area contributed by atoms with Crippen LogP contribution < -0.4 is 36.8 Å². The average molecular weight is 658 g/mol. The Kier molecular flexibility index (Phi) is 14.5. The summed E-state index contributed by atoms with van der Waals surface area (Å²) < 4.78 is 5.20. The van der Waals surface area contributed by atoms with E-state index in [9.17, 15) is 9.59 Å². The fourth-order valence-corrected chi connectivity index (χ4v) is 5.98. The Morgan fingerprint density at radius 2 is 1.02 bits per heavy atom. The zero-order chi connectivity index (χ0) is 34.2. The monoisotopic (exact) mass is 657 g/mol. The maximum atomic E-state index is 11.6. The van der Waals surface area contributed by atoms with Gasteiger partial charge in [0, 0.05) is 81.3 Å². The van der Waals surface area contributed by atoms with Crippen molar-refractivity contribution in [2.75, 3.05) is 54.0 Å². The van der Waals surface area contributed by atoms with E-state index in [0.717, 1.165) is 65.0 Å². The molecule has 0 spiro atoms. The number of carbonyl (C=O) groups excluding carboxylic acids is 2. The second-order valence-corrected chi connectivity index (χ2v) is 13.5. The van der Waals surface area contributed by atoms with E-state index in [0.29, 0.717) is 24.7 Å². The van der Waals surface area contributed by atoms with Crippen LogP contribution in [-0.4, -0.2) is 68.8 Å². The lowest BCUT2D eigenvalue weighted by Gasteiger charge is -2.34. The first-order chi connectivity index (χ1) is 23.2. The van der Waals surface area contributed by atoms with Crippen molar-refractivity contribution < 1.29 is 14.3 Å². The van der Waals surface area contributed by atoms with Gasteiger partial charge in [-0.25, -0.2) is 10.2 Å². The Morgan fingerprint density at radius 1 is 0.646 bits per heavy atom. The van der Waals surface area contributed by atoms with Crippen molar-refractivity contribution in [1.82, 2.24) is 16.3 Å². The summed E-state index contributed by atoms with van der Waals surface area (Å²) in [6.45, 7) is 11.5. The smallest absolute Gasteiger partial charge is 0.422 e. The molecule has 5 N–H and O–H groups in total. The maximum absolute atomic E-state index is 11.6. The van der Waals surface area contributed by atoms with Gasteiger partial charge in [-0.05, 0) is 82.9 Å². The van der Waals surface area contributed by atoms with E-state index in [-0.39, 0.29) is 6.04 Å². The molecule has 6 rings (SSSR count). The molecule has 0 bridgehead atoms. The van der Waals surface area contributed by atoms with Crippen molar-refractivity contribution in [2.45, 2.75) is 77.0 Å². The fourth-order valence-electron chi connectivity index (χ4n) is 5.98. The Bertz CT molecular complexity index is 1330. The summed E-state index contributed by atoms with van der Waals surface area (Å²) in [7, 11) is 0. The van der Waals surface area contributed by atoms with Gasteiger partial charge in [-0.1, -0.05) is 54.6 Å². The molecule has 3 aliphatic rings. The summed E-state index contributed by atoms with van der Waals surface area (Å²) in [6, 6.07) is 32.0. The van der Waals surface area contributed by atoms with Crippen molar-refractivity contribution in [2.24, 2.45) is 5.84 Å². The molecular weight excluding hydrogens is 602 g/mol. The lowest BCUT2D eigenvalue weighted by molar-refractivity contribution is -0.119.